The van der Waals surface area contributed by atoms with Gasteiger partial charge in [0.05, 0.1) is 23.3 Å². The summed E-state index contributed by atoms with van der Waals surface area (Å²) in [7, 11) is 0. The summed E-state index contributed by atoms with van der Waals surface area (Å²) in [5.41, 5.74) is 5.15. The van der Waals surface area contributed by atoms with Crippen LogP contribution in [-0.4, -0.2) is 38.2 Å². The third kappa shape index (κ3) is 4.85. The van der Waals surface area contributed by atoms with Crippen molar-refractivity contribution in [3.8, 4) is 11.3 Å². The number of aromatic amines is 1. The fourth-order valence-electron chi connectivity index (χ4n) is 5.03. The van der Waals surface area contributed by atoms with Gasteiger partial charge in [-0.25, -0.2) is 0 Å². The van der Waals surface area contributed by atoms with Gasteiger partial charge in [-0.1, -0.05) is 19.0 Å². The van der Waals surface area contributed by atoms with Crippen LogP contribution in [0.4, 0.5) is 5.69 Å². The molecule has 0 aliphatic heterocycles. The van der Waals surface area contributed by atoms with Gasteiger partial charge in [0.1, 0.15) is 12.3 Å². The summed E-state index contributed by atoms with van der Waals surface area (Å²) in [6.07, 6.45) is 7.55. The molecule has 3 aromatic heterocycles. The molecule has 9 heteroatoms. The Labute approximate surface area is 204 Å². The number of hydrogen-bond donors (Lipinski definition) is 3. The zero-order valence-electron chi connectivity index (χ0n) is 20.6. The third-order valence-electron chi connectivity index (χ3n) is 7.14. The number of anilines is 1. The Bertz CT molecular complexity index is 1190. The molecule has 184 valence electrons. The zero-order chi connectivity index (χ0) is 24.7. The molecule has 2 amide bonds. The molecule has 35 heavy (non-hydrogen) atoms. The number of nitrogens with one attached hydrogen (secondary N) is 3. The number of hydrogen-bond acceptors (Lipinski definition) is 6. The van der Waals surface area contributed by atoms with Gasteiger partial charge in [0.25, 0.3) is 5.91 Å². The first-order valence-corrected chi connectivity index (χ1v) is 12.4. The number of aryl methyl sites for hydroxylation is 2. The van der Waals surface area contributed by atoms with Crippen molar-refractivity contribution in [2.24, 2.45) is 17.8 Å². The zero-order valence-corrected chi connectivity index (χ0v) is 20.6. The highest BCUT2D eigenvalue weighted by atomic mass is 16.5. The second-order valence-corrected chi connectivity index (χ2v) is 10.2. The minimum atomic E-state index is -0.641. The molecule has 3 N–H and O–H groups in total. The van der Waals surface area contributed by atoms with E-state index in [2.05, 4.69) is 31.0 Å². The van der Waals surface area contributed by atoms with Gasteiger partial charge in [-0.15, -0.1) is 0 Å². The highest BCUT2D eigenvalue weighted by Gasteiger charge is 2.48. The maximum absolute atomic E-state index is 13.6. The van der Waals surface area contributed by atoms with E-state index in [0.29, 0.717) is 17.5 Å². The van der Waals surface area contributed by atoms with E-state index in [1.165, 1.54) is 6.26 Å². The normalized spacial score (nSPS) is 16.5. The van der Waals surface area contributed by atoms with Gasteiger partial charge < -0.3 is 15.2 Å². The molecule has 2 aliphatic rings. The molecule has 1 atom stereocenters. The van der Waals surface area contributed by atoms with Crippen molar-refractivity contribution in [3.05, 3.63) is 47.2 Å². The van der Waals surface area contributed by atoms with Gasteiger partial charge >= 0.3 is 0 Å². The fourth-order valence-corrected chi connectivity index (χ4v) is 5.03. The molecule has 3 aromatic rings. The number of H-pyrrole nitrogens is 1. The van der Waals surface area contributed by atoms with Crippen molar-refractivity contribution in [2.75, 3.05) is 5.32 Å². The summed E-state index contributed by atoms with van der Waals surface area (Å²) in [5.74, 6) is 0.553. The first kappa shape index (κ1) is 23.3. The van der Waals surface area contributed by atoms with Crippen molar-refractivity contribution in [1.82, 2.24) is 25.7 Å². The molecule has 5 rings (SSSR count). The van der Waals surface area contributed by atoms with Crippen LogP contribution in [0.5, 0.6) is 0 Å². The van der Waals surface area contributed by atoms with Crippen LogP contribution in [0.25, 0.3) is 11.3 Å². The van der Waals surface area contributed by atoms with Crippen LogP contribution in [0, 0.1) is 31.6 Å². The second kappa shape index (κ2) is 9.28. The highest BCUT2D eigenvalue weighted by Crippen LogP contribution is 2.51. The SMILES string of the molecule is Cc1n[nH]c(C)c1-c1ccc(NC(=O)[C@@H](NC(=O)c2nocc2C(C)C)C(C2CC2)C2CC2)cn1. The van der Waals surface area contributed by atoms with Crippen molar-refractivity contribution in [1.29, 1.82) is 0 Å². The van der Waals surface area contributed by atoms with E-state index in [1.807, 2.05) is 39.8 Å². The smallest absolute Gasteiger partial charge is 0.274 e. The lowest BCUT2D eigenvalue weighted by atomic mass is 9.88. The van der Waals surface area contributed by atoms with Crippen LogP contribution in [-0.2, 0) is 4.79 Å². The summed E-state index contributed by atoms with van der Waals surface area (Å²) < 4.78 is 5.08. The van der Waals surface area contributed by atoms with Crippen molar-refractivity contribution in [2.45, 2.75) is 65.3 Å². The lowest BCUT2D eigenvalue weighted by molar-refractivity contribution is -0.119. The van der Waals surface area contributed by atoms with Crippen LogP contribution in [0.3, 0.4) is 0 Å². The van der Waals surface area contributed by atoms with E-state index in [4.69, 9.17) is 4.52 Å². The highest BCUT2D eigenvalue weighted by molar-refractivity contribution is 6.01. The Hall–Kier alpha value is -3.49. The topological polar surface area (TPSA) is 126 Å². The van der Waals surface area contributed by atoms with Crippen LogP contribution in [0.15, 0.2) is 29.1 Å². The quantitative estimate of drug-likeness (QED) is 0.421. The predicted octanol–water partition coefficient (Wildman–Crippen LogP) is 4.37. The first-order valence-electron chi connectivity index (χ1n) is 12.4. The van der Waals surface area contributed by atoms with Crippen LogP contribution >= 0.6 is 0 Å². The summed E-state index contributed by atoms with van der Waals surface area (Å²) in [4.78, 5) is 31.3. The van der Waals surface area contributed by atoms with E-state index >= 15 is 0 Å². The van der Waals surface area contributed by atoms with E-state index in [1.54, 1.807) is 6.20 Å². The number of amides is 2. The van der Waals surface area contributed by atoms with Gasteiger partial charge in [0, 0.05) is 16.8 Å². The number of pyridine rings is 1. The molecule has 0 aromatic carbocycles. The molecule has 0 unspecified atom stereocenters. The fraction of sp³-hybridized carbons (Fsp3) is 0.500. The molecule has 0 spiro atoms. The Morgan fingerprint density at radius 3 is 2.37 bits per heavy atom. The van der Waals surface area contributed by atoms with E-state index < -0.39 is 6.04 Å². The van der Waals surface area contributed by atoms with Crippen LogP contribution in [0.2, 0.25) is 0 Å². The number of carbonyl (C=O) groups is 2. The largest absolute Gasteiger partial charge is 0.364 e. The molecule has 0 bridgehead atoms. The maximum atomic E-state index is 13.6. The molecular formula is C26H32N6O3. The summed E-state index contributed by atoms with van der Waals surface area (Å²) in [6, 6.07) is 3.07. The van der Waals surface area contributed by atoms with Gasteiger partial charge in [0.15, 0.2) is 5.69 Å². The van der Waals surface area contributed by atoms with Crippen molar-refractivity contribution < 1.29 is 14.1 Å². The lowest BCUT2D eigenvalue weighted by Crippen LogP contribution is -2.50. The Morgan fingerprint density at radius 1 is 1.11 bits per heavy atom. The molecule has 0 saturated heterocycles. The van der Waals surface area contributed by atoms with Crippen molar-refractivity contribution in [3.63, 3.8) is 0 Å². The first-order chi connectivity index (χ1) is 16.8. The summed E-state index contributed by atoms with van der Waals surface area (Å²) >= 11 is 0. The maximum Gasteiger partial charge on any atom is 0.274 e. The number of rotatable bonds is 9. The van der Waals surface area contributed by atoms with E-state index in [-0.39, 0.29) is 29.3 Å². The summed E-state index contributed by atoms with van der Waals surface area (Å²) in [6.45, 7) is 7.84. The van der Waals surface area contributed by atoms with Gasteiger partial charge in [-0.3, -0.25) is 19.7 Å². The molecule has 3 heterocycles. The Morgan fingerprint density at radius 2 is 1.83 bits per heavy atom. The minimum Gasteiger partial charge on any atom is -0.364 e. The monoisotopic (exact) mass is 476 g/mol. The number of aromatic nitrogens is 4. The number of nitrogens with zero attached hydrogens (tertiary/aromatic N) is 3. The minimum absolute atomic E-state index is 0.0871. The summed E-state index contributed by atoms with van der Waals surface area (Å²) in [5, 5.41) is 17.1. The molecule has 0 radical (unpaired) electrons. The van der Waals surface area contributed by atoms with E-state index in [9.17, 15) is 9.59 Å². The molecule has 2 fully saturated rings. The van der Waals surface area contributed by atoms with Crippen LogP contribution in [0.1, 0.15) is 72.9 Å². The lowest BCUT2D eigenvalue weighted by Gasteiger charge is -2.27. The molecule has 9 nitrogen and oxygen atoms in total. The average molecular weight is 477 g/mol. The van der Waals surface area contributed by atoms with Crippen molar-refractivity contribution >= 4 is 17.5 Å². The van der Waals surface area contributed by atoms with Crippen LogP contribution < -0.4 is 10.6 Å². The van der Waals surface area contributed by atoms with Gasteiger partial charge in [-0.05, 0) is 75.3 Å². The number of carbonyl (C=O) groups excluding carboxylic acids is 2. The molecule has 2 saturated carbocycles. The average Bonchev–Trinajstić information content (AvgIpc) is 3.76. The van der Waals surface area contributed by atoms with E-state index in [0.717, 1.165) is 53.9 Å². The Balaban J connectivity index is 1.36. The third-order valence-corrected chi connectivity index (χ3v) is 7.14. The predicted molar refractivity (Wildman–Crippen MR) is 131 cm³/mol. The van der Waals surface area contributed by atoms with Gasteiger partial charge in [-0.2, -0.15) is 5.10 Å². The second-order valence-electron chi connectivity index (χ2n) is 10.2. The molecule has 2 aliphatic carbocycles. The Kier molecular flexibility index (Phi) is 6.17. The van der Waals surface area contributed by atoms with Gasteiger partial charge in [0.2, 0.25) is 5.91 Å². The standard InChI is InChI=1S/C26H32N6O3/c1-13(2)19-12-35-32-23(19)25(33)29-24(22(16-5-6-16)17-7-8-17)26(34)28-18-9-10-20(27-11-18)21-14(3)30-31-15(21)4/h9-13,16-17,22,24H,5-8H2,1-4H3,(H,28,34)(H,29,33)(H,30,31)/t24-/m0/s1. The molecular weight excluding hydrogens is 444 g/mol.